The number of hydrogen-bond donors (Lipinski definition) is 0. The van der Waals surface area contributed by atoms with E-state index in [1.165, 1.54) is 28.8 Å². The maximum Gasteiger partial charge on any atom is 0.192 e. The minimum atomic E-state index is 0.794. The molecule has 0 unspecified atom stereocenters. The molecule has 7 heteroatoms. The molecule has 5 heterocycles. The van der Waals surface area contributed by atoms with Gasteiger partial charge in [-0.3, -0.25) is 4.90 Å². The third-order valence-corrected chi connectivity index (χ3v) is 6.53. The van der Waals surface area contributed by atoms with Crippen molar-refractivity contribution in [3.63, 3.8) is 0 Å². The molecule has 0 aromatic carbocycles. The van der Waals surface area contributed by atoms with Crippen LogP contribution in [0.5, 0.6) is 0 Å². The van der Waals surface area contributed by atoms with Crippen LogP contribution in [-0.4, -0.2) is 37.6 Å². The quantitative estimate of drug-likeness (QED) is 0.560. The summed E-state index contributed by atoms with van der Waals surface area (Å²) in [7, 11) is 0. The first-order valence-electron chi connectivity index (χ1n) is 8.25. The molecule has 0 atom stereocenters. The summed E-state index contributed by atoms with van der Waals surface area (Å²) in [4.78, 5) is 15.7. The van der Waals surface area contributed by atoms with Crippen LogP contribution < -0.4 is 0 Å². The van der Waals surface area contributed by atoms with Gasteiger partial charge in [-0.15, -0.1) is 27.8 Å². The minimum absolute atomic E-state index is 0.794. The minimum Gasteiger partial charge on any atom is -0.298 e. The predicted octanol–water partition coefficient (Wildman–Crippen LogP) is 3.84. The summed E-state index contributed by atoms with van der Waals surface area (Å²) in [6, 6.07) is 4.10. The molecule has 5 rings (SSSR count). The fraction of sp³-hybridized carbons (Fsp3) is 0.353. The first kappa shape index (κ1) is 14.5. The molecular weight excluding hydrogens is 338 g/mol. The van der Waals surface area contributed by atoms with E-state index in [0.717, 1.165) is 40.7 Å². The average molecular weight is 355 g/mol. The topological polar surface area (TPSA) is 46.3 Å². The van der Waals surface area contributed by atoms with Crippen LogP contribution in [0.1, 0.15) is 23.8 Å². The highest BCUT2D eigenvalue weighted by Crippen LogP contribution is 2.36. The van der Waals surface area contributed by atoms with Crippen molar-refractivity contribution in [2.45, 2.75) is 26.3 Å². The SMILES string of the molecule is CCCN1CCc2c(sc3ncn4nc(-c5cccs5)nc4c23)C1. The van der Waals surface area contributed by atoms with E-state index >= 15 is 0 Å². The Bertz CT molecular complexity index is 1010. The fourth-order valence-corrected chi connectivity index (χ4v) is 5.34. The number of thiophene rings is 2. The maximum atomic E-state index is 4.83. The van der Waals surface area contributed by atoms with E-state index in [9.17, 15) is 0 Å². The Morgan fingerprint density at radius 3 is 3.12 bits per heavy atom. The fourth-order valence-electron chi connectivity index (χ4n) is 3.46. The largest absolute Gasteiger partial charge is 0.298 e. The van der Waals surface area contributed by atoms with E-state index in [0.29, 0.717) is 0 Å². The summed E-state index contributed by atoms with van der Waals surface area (Å²) in [5.74, 6) is 0.794. The van der Waals surface area contributed by atoms with Crippen LogP contribution in [0.15, 0.2) is 23.8 Å². The molecule has 4 aromatic rings. The van der Waals surface area contributed by atoms with Gasteiger partial charge < -0.3 is 0 Å². The maximum absolute atomic E-state index is 4.83. The lowest BCUT2D eigenvalue weighted by Crippen LogP contribution is -2.30. The highest BCUT2D eigenvalue weighted by Gasteiger charge is 2.24. The molecule has 122 valence electrons. The van der Waals surface area contributed by atoms with E-state index in [1.807, 2.05) is 21.9 Å². The molecule has 0 saturated carbocycles. The summed E-state index contributed by atoms with van der Waals surface area (Å²) in [5, 5.41) is 7.90. The summed E-state index contributed by atoms with van der Waals surface area (Å²) >= 11 is 3.49. The molecule has 4 aromatic heterocycles. The van der Waals surface area contributed by atoms with Gasteiger partial charge in [-0.25, -0.2) is 14.5 Å². The van der Waals surface area contributed by atoms with E-state index < -0.39 is 0 Å². The van der Waals surface area contributed by atoms with Gasteiger partial charge in [-0.1, -0.05) is 13.0 Å². The van der Waals surface area contributed by atoms with Crippen molar-refractivity contribution in [1.82, 2.24) is 24.5 Å². The van der Waals surface area contributed by atoms with E-state index in [4.69, 9.17) is 4.98 Å². The summed E-state index contributed by atoms with van der Waals surface area (Å²) in [6.45, 7) is 5.58. The van der Waals surface area contributed by atoms with Crippen LogP contribution in [0.4, 0.5) is 0 Å². The van der Waals surface area contributed by atoms with Gasteiger partial charge in [0.15, 0.2) is 11.5 Å². The molecule has 0 N–H and O–H groups in total. The van der Waals surface area contributed by atoms with E-state index in [-0.39, 0.29) is 0 Å². The van der Waals surface area contributed by atoms with E-state index in [1.54, 1.807) is 17.7 Å². The van der Waals surface area contributed by atoms with Gasteiger partial charge in [0, 0.05) is 18.0 Å². The van der Waals surface area contributed by atoms with Crippen LogP contribution >= 0.6 is 22.7 Å². The van der Waals surface area contributed by atoms with Crippen LogP contribution in [0.3, 0.4) is 0 Å². The number of aromatic nitrogens is 4. The second-order valence-electron chi connectivity index (χ2n) is 6.14. The van der Waals surface area contributed by atoms with Crippen molar-refractivity contribution < 1.29 is 0 Å². The smallest absolute Gasteiger partial charge is 0.192 e. The Morgan fingerprint density at radius 2 is 2.29 bits per heavy atom. The zero-order valence-electron chi connectivity index (χ0n) is 13.4. The van der Waals surface area contributed by atoms with Crippen molar-refractivity contribution in [2.24, 2.45) is 0 Å². The normalized spacial score (nSPS) is 15.4. The van der Waals surface area contributed by atoms with Crippen LogP contribution in [-0.2, 0) is 13.0 Å². The molecule has 0 radical (unpaired) electrons. The summed E-state index contributed by atoms with van der Waals surface area (Å²) < 4.78 is 1.84. The average Bonchev–Trinajstić information content (AvgIpc) is 3.31. The molecular formula is C17H17N5S2. The highest BCUT2D eigenvalue weighted by atomic mass is 32.1. The lowest BCUT2D eigenvalue weighted by molar-refractivity contribution is 0.258. The molecule has 1 aliphatic rings. The Hall–Kier alpha value is -1.83. The number of nitrogens with zero attached hydrogens (tertiary/aromatic N) is 5. The third-order valence-electron chi connectivity index (χ3n) is 4.54. The molecule has 24 heavy (non-hydrogen) atoms. The molecule has 0 amide bonds. The third kappa shape index (κ3) is 2.19. The van der Waals surface area contributed by atoms with Crippen LogP contribution in [0.2, 0.25) is 0 Å². The van der Waals surface area contributed by atoms with Gasteiger partial charge in [0.25, 0.3) is 0 Å². The van der Waals surface area contributed by atoms with Crippen molar-refractivity contribution in [2.75, 3.05) is 13.1 Å². The Kier molecular flexibility index (Phi) is 3.39. The molecule has 0 saturated heterocycles. The molecule has 0 spiro atoms. The lowest BCUT2D eigenvalue weighted by Gasteiger charge is -2.26. The number of rotatable bonds is 3. The second kappa shape index (κ2) is 5.61. The van der Waals surface area contributed by atoms with Gasteiger partial charge in [-0.05, 0) is 36.4 Å². The molecule has 1 aliphatic heterocycles. The first-order chi connectivity index (χ1) is 11.8. The molecule has 0 fully saturated rings. The van der Waals surface area contributed by atoms with E-state index in [2.05, 4.69) is 33.4 Å². The Balaban J connectivity index is 1.68. The van der Waals surface area contributed by atoms with Crippen molar-refractivity contribution in [3.8, 4) is 10.7 Å². The Labute approximate surface area is 147 Å². The first-order valence-corrected chi connectivity index (χ1v) is 9.95. The number of hydrogen-bond acceptors (Lipinski definition) is 6. The zero-order chi connectivity index (χ0) is 16.1. The van der Waals surface area contributed by atoms with Gasteiger partial charge in [0.1, 0.15) is 11.2 Å². The van der Waals surface area contributed by atoms with Gasteiger partial charge >= 0.3 is 0 Å². The molecule has 0 aliphatic carbocycles. The van der Waals surface area contributed by atoms with Crippen LogP contribution in [0.25, 0.3) is 26.6 Å². The van der Waals surface area contributed by atoms with Crippen molar-refractivity contribution in [3.05, 3.63) is 34.3 Å². The van der Waals surface area contributed by atoms with Gasteiger partial charge in [0.2, 0.25) is 0 Å². The van der Waals surface area contributed by atoms with Crippen LogP contribution in [0, 0.1) is 0 Å². The zero-order valence-corrected chi connectivity index (χ0v) is 15.0. The van der Waals surface area contributed by atoms with Gasteiger partial charge in [0.05, 0.1) is 10.3 Å². The highest BCUT2D eigenvalue weighted by molar-refractivity contribution is 7.19. The lowest BCUT2D eigenvalue weighted by atomic mass is 10.1. The molecule has 0 bridgehead atoms. The summed E-state index contributed by atoms with van der Waals surface area (Å²) in [5.41, 5.74) is 2.38. The predicted molar refractivity (Wildman–Crippen MR) is 98.8 cm³/mol. The summed E-state index contributed by atoms with van der Waals surface area (Å²) in [6.07, 6.45) is 4.09. The Morgan fingerprint density at radius 1 is 1.33 bits per heavy atom. The van der Waals surface area contributed by atoms with Crippen molar-refractivity contribution in [1.29, 1.82) is 0 Å². The standard InChI is InChI=1S/C17H17N5S2/c1-2-6-21-7-5-11-13(9-21)24-17-14(11)16-19-15(12-4-3-8-23-12)20-22(16)10-18-17/h3-4,8,10H,2,5-7,9H2,1H3. The number of fused-ring (bicyclic) bond motifs is 5. The molecule has 5 nitrogen and oxygen atoms in total. The van der Waals surface area contributed by atoms with Gasteiger partial charge in [-0.2, -0.15) is 0 Å². The van der Waals surface area contributed by atoms with Crippen molar-refractivity contribution >= 4 is 38.5 Å². The monoisotopic (exact) mass is 355 g/mol. The second-order valence-corrected chi connectivity index (χ2v) is 8.17.